The van der Waals surface area contributed by atoms with Gasteiger partial charge in [0, 0.05) is 22.0 Å². The zero-order valence-corrected chi connectivity index (χ0v) is 17.5. The number of rotatable bonds is 6. The fourth-order valence-electron chi connectivity index (χ4n) is 3.07. The average molecular weight is 415 g/mol. The summed E-state index contributed by atoms with van der Waals surface area (Å²) in [6.45, 7) is 4.41. The van der Waals surface area contributed by atoms with E-state index >= 15 is 0 Å². The number of halogens is 1. The highest BCUT2D eigenvalue weighted by Crippen LogP contribution is 2.42. The summed E-state index contributed by atoms with van der Waals surface area (Å²) >= 11 is 7.64. The van der Waals surface area contributed by atoms with E-state index in [2.05, 4.69) is 5.32 Å². The molecule has 0 bridgehead atoms. The molecule has 2 amide bonds. The first-order chi connectivity index (χ1) is 13.5. The van der Waals surface area contributed by atoms with Gasteiger partial charge in [-0.2, -0.15) is 0 Å². The molecule has 3 rings (SSSR count). The third-order valence-electron chi connectivity index (χ3n) is 4.71. The topological polar surface area (TPSA) is 49.4 Å². The summed E-state index contributed by atoms with van der Waals surface area (Å²) in [5, 5.41) is 3.58. The third kappa shape index (κ3) is 4.59. The number of anilines is 1. The number of carbonyl (C=O) groups is 2. The lowest BCUT2D eigenvalue weighted by atomic mass is 10.1. The summed E-state index contributed by atoms with van der Waals surface area (Å²) < 4.78 is 0. The Morgan fingerprint density at radius 1 is 1.14 bits per heavy atom. The first-order valence-electron chi connectivity index (χ1n) is 9.37. The summed E-state index contributed by atoms with van der Waals surface area (Å²) in [6, 6.07) is 15.3. The second-order valence-electron chi connectivity index (χ2n) is 6.58. The number of benzene rings is 2. The van der Waals surface area contributed by atoms with Crippen molar-refractivity contribution in [1.29, 1.82) is 0 Å². The predicted molar refractivity (Wildman–Crippen MR) is 116 cm³/mol. The molecule has 1 aliphatic heterocycles. The monoisotopic (exact) mass is 414 g/mol. The smallest absolute Gasteiger partial charge is 0.265 e. The highest BCUT2D eigenvalue weighted by Gasteiger charge is 2.30. The van der Waals surface area contributed by atoms with Gasteiger partial charge in [-0.25, -0.2) is 0 Å². The van der Waals surface area contributed by atoms with Crippen molar-refractivity contribution in [2.45, 2.75) is 44.2 Å². The van der Waals surface area contributed by atoms with Crippen LogP contribution in [0.1, 0.15) is 32.3 Å². The molecule has 0 fully saturated rings. The van der Waals surface area contributed by atoms with E-state index in [-0.39, 0.29) is 17.9 Å². The number of nitrogens with one attached hydrogen (secondary N) is 1. The van der Waals surface area contributed by atoms with E-state index < -0.39 is 0 Å². The van der Waals surface area contributed by atoms with Crippen molar-refractivity contribution in [2.75, 3.05) is 4.90 Å². The van der Waals surface area contributed by atoms with Gasteiger partial charge in [0.1, 0.15) is 0 Å². The highest BCUT2D eigenvalue weighted by molar-refractivity contribution is 8.04. The lowest BCUT2D eigenvalue weighted by Gasteiger charge is -2.30. The Balaban J connectivity index is 1.91. The Morgan fingerprint density at radius 2 is 1.82 bits per heavy atom. The maximum Gasteiger partial charge on any atom is 0.265 e. The van der Waals surface area contributed by atoms with E-state index in [0.29, 0.717) is 16.5 Å². The molecular formula is C22H23ClN2O2S. The molecule has 0 saturated heterocycles. The molecule has 1 aliphatic rings. The number of para-hydroxylation sites is 1. The molecule has 0 saturated carbocycles. The Kier molecular flexibility index (Phi) is 6.81. The van der Waals surface area contributed by atoms with Crippen LogP contribution in [0.5, 0.6) is 0 Å². The van der Waals surface area contributed by atoms with E-state index in [1.54, 1.807) is 4.90 Å². The van der Waals surface area contributed by atoms with Gasteiger partial charge in [0.15, 0.2) is 0 Å². The van der Waals surface area contributed by atoms with Crippen LogP contribution in [0, 0.1) is 0 Å². The number of hydrogen-bond donors (Lipinski definition) is 1. The molecule has 2 aromatic rings. The van der Waals surface area contributed by atoms with Crippen molar-refractivity contribution in [2.24, 2.45) is 0 Å². The van der Waals surface area contributed by atoms with Crippen LogP contribution < -0.4 is 10.2 Å². The van der Waals surface area contributed by atoms with E-state index in [1.165, 1.54) is 17.8 Å². The van der Waals surface area contributed by atoms with Gasteiger partial charge in [-0.1, -0.05) is 67.5 Å². The minimum atomic E-state index is -0.235. The number of fused-ring (bicyclic) bond motifs is 1. The van der Waals surface area contributed by atoms with Crippen molar-refractivity contribution < 1.29 is 9.59 Å². The summed E-state index contributed by atoms with van der Waals surface area (Å²) in [6.07, 6.45) is 3.13. The molecule has 146 valence electrons. The molecule has 1 heterocycles. The zero-order valence-electron chi connectivity index (χ0n) is 15.9. The third-order valence-corrected chi connectivity index (χ3v) is 6.16. The molecular weight excluding hydrogens is 392 g/mol. The fraction of sp³-hybridized carbons (Fsp3) is 0.273. The van der Waals surface area contributed by atoms with Gasteiger partial charge in [-0.3, -0.25) is 9.59 Å². The van der Waals surface area contributed by atoms with Crippen molar-refractivity contribution in [1.82, 2.24) is 5.32 Å². The van der Waals surface area contributed by atoms with Gasteiger partial charge in [0.25, 0.3) is 5.91 Å². The molecule has 0 aromatic heterocycles. The second kappa shape index (κ2) is 9.30. The normalized spacial score (nSPS) is 15.1. The first-order valence-corrected chi connectivity index (χ1v) is 10.6. The Morgan fingerprint density at radius 3 is 2.54 bits per heavy atom. The van der Waals surface area contributed by atoms with E-state index in [0.717, 1.165) is 29.0 Å². The van der Waals surface area contributed by atoms with Gasteiger partial charge in [0.2, 0.25) is 5.91 Å². The number of thioether (sulfide) groups is 1. The largest absolute Gasteiger partial charge is 0.350 e. The zero-order chi connectivity index (χ0) is 20.1. The maximum atomic E-state index is 13.2. The average Bonchev–Trinajstić information content (AvgIpc) is 2.70. The quantitative estimate of drug-likeness (QED) is 0.663. The van der Waals surface area contributed by atoms with Crippen LogP contribution in [-0.2, 0) is 16.1 Å². The van der Waals surface area contributed by atoms with Crippen LogP contribution in [-0.4, -0.2) is 17.9 Å². The van der Waals surface area contributed by atoms with Gasteiger partial charge in [0.05, 0.1) is 17.1 Å². The molecule has 0 atom stereocenters. The molecule has 1 N–H and O–H groups in total. The number of amides is 2. The Hall–Kier alpha value is -2.24. The van der Waals surface area contributed by atoms with Crippen molar-refractivity contribution >= 4 is 40.9 Å². The highest BCUT2D eigenvalue weighted by atomic mass is 35.5. The minimum absolute atomic E-state index is 0.111. The fourth-order valence-corrected chi connectivity index (χ4v) is 4.30. The first kappa shape index (κ1) is 20.5. The van der Waals surface area contributed by atoms with Crippen LogP contribution in [0.3, 0.4) is 0 Å². The van der Waals surface area contributed by atoms with E-state index in [1.807, 2.05) is 62.4 Å². The molecule has 0 spiro atoms. The van der Waals surface area contributed by atoms with Gasteiger partial charge in [-0.15, -0.1) is 0 Å². The molecule has 28 heavy (non-hydrogen) atoms. The summed E-state index contributed by atoms with van der Waals surface area (Å²) in [7, 11) is 0. The minimum Gasteiger partial charge on any atom is -0.350 e. The maximum absolute atomic E-state index is 13.2. The summed E-state index contributed by atoms with van der Waals surface area (Å²) in [4.78, 5) is 28.6. The standard InChI is InChI=1S/C22H23ClN2O2S/c1-3-16(4-2)24-21(26)13-20-22(27)25(14-15-9-5-6-10-17(15)23)18-11-7-8-12-19(18)28-20/h5-13,16H,3-4,14H2,1-2H3,(H,24,26)/b20-13+. The number of hydrogen-bond acceptors (Lipinski definition) is 3. The van der Waals surface area contributed by atoms with E-state index in [4.69, 9.17) is 11.6 Å². The lowest BCUT2D eigenvalue weighted by Crippen LogP contribution is -2.36. The summed E-state index contributed by atoms with van der Waals surface area (Å²) in [5.74, 6) is -0.426. The van der Waals surface area contributed by atoms with Crippen LogP contribution in [0.4, 0.5) is 5.69 Å². The van der Waals surface area contributed by atoms with Crippen molar-refractivity contribution in [3.8, 4) is 0 Å². The van der Waals surface area contributed by atoms with Crippen LogP contribution in [0.15, 0.2) is 64.4 Å². The molecule has 0 radical (unpaired) electrons. The lowest BCUT2D eigenvalue weighted by molar-refractivity contribution is -0.118. The van der Waals surface area contributed by atoms with Crippen LogP contribution in [0.2, 0.25) is 5.02 Å². The number of nitrogens with zero attached hydrogens (tertiary/aromatic N) is 1. The molecule has 0 aliphatic carbocycles. The Labute approximate surface area is 175 Å². The van der Waals surface area contributed by atoms with Crippen LogP contribution >= 0.6 is 23.4 Å². The SMILES string of the molecule is CCC(CC)NC(=O)/C=C1/Sc2ccccc2N(Cc2ccccc2Cl)C1=O. The van der Waals surface area contributed by atoms with Gasteiger partial charge >= 0.3 is 0 Å². The number of carbonyl (C=O) groups excluding carboxylic acids is 2. The predicted octanol–water partition coefficient (Wildman–Crippen LogP) is 5.17. The summed E-state index contributed by atoms with van der Waals surface area (Å²) in [5.41, 5.74) is 1.69. The molecule has 2 aromatic carbocycles. The molecule has 4 nitrogen and oxygen atoms in total. The van der Waals surface area contributed by atoms with E-state index in [9.17, 15) is 9.59 Å². The second-order valence-corrected chi connectivity index (χ2v) is 8.07. The van der Waals surface area contributed by atoms with Crippen molar-refractivity contribution in [3.05, 3.63) is 70.1 Å². The van der Waals surface area contributed by atoms with Gasteiger partial charge in [-0.05, 0) is 36.6 Å². The Bertz CT molecular complexity index is 909. The molecule has 0 unspecified atom stereocenters. The van der Waals surface area contributed by atoms with Crippen molar-refractivity contribution in [3.63, 3.8) is 0 Å². The molecule has 6 heteroatoms. The van der Waals surface area contributed by atoms with Gasteiger partial charge < -0.3 is 10.2 Å². The van der Waals surface area contributed by atoms with Crippen LogP contribution in [0.25, 0.3) is 0 Å².